The second kappa shape index (κ2) is 6.60. The van der Waals surface area contributed by atoms with Gasteiger partial charge < -0.3 is 4.90 Å². The summed E-state index contributed by atoms with van der Waals surface area (Å²) in [6.45, 7) is 3.01. The third-order valence-electron chi connectivity index (χ3n) is 4.85. The van der Waals surface area contributed by atoms with E-state index in [9.17, 15) is 14.4 Å². The Labute approximate surface area is 154 Å². The van der Waals surface area contributed by atoms with Gasteiger partial charge in [-0.15, -0.1) is 11.3 Å². The zero-order valence-electron chi connectivity index (χ0n) is 14.3. The van der Waals surface area contributed by atoms with Gasteiger partial charge in [-0.1, -0.05) is 6.08 Å². The second-order valence-electron chi connectivity index (χ2n) is 6.61. The number of aliphatic imine (C=N–C) groups is 2. The zero-order valence-corrected chi connectivity index (χ0v) is 15.1. The monoisotopic (exact) mass is 370 g/mol. The third-order valence-corrected chi connectivity index (χ3v) is 5.89. The van der Waals surface area contributed by atoms with Crippen molar-refractivity contribution < 1.29 is 14.4 Å². The van der Waals surface area contributed by atoms with E-state index in [4.69, 9.17) is 0 Å². The number of hydrogen-bond acceptors (Lipinski definition) is 5. The molecule has 1 unspecified atom stereocenters. The second-order valence-corrected chi connectivity index (χ2v) is 7.52. The van der Waals surface area contributed by atoms with Crippen LogP contribution in [0.3, 0.4) is 0 Å². The number of thiophene rings is 1. The van der Waals surface area contributed by atoms with Crippen LogP contribution in [0.15, 0.2) is 33.6 Å². The fourth-order valence-electron chi connectivity index (χ4n) is 3.50. The molecule has 0 bridgehead atoms. The van der Waals surface area contributed by atoms with Gasteiger partial charge in [0.05, 0.1) is 4.88 Å². The standard InChI is InChI=1S/C18H18N4O3S/c1-11-9-14(26-10-11)17(24)21-7-4-12(5-8-21)22-16(23)13-3-2-6-19-15(13)20-18(22)25/h2-3,6,9-10,12-13H,4-5,7-8H2,1H3. The van der Waals surface area contributed by atoms with Crippen molar-refractivity contribution in [1.29, 1.82) is 0 Å². The molecule has 26 heavy (non-hydrogen) atoms. The highest BCUT2D eigenvalue weighted by molar-refractivity contribution is 7.12. The molecule has 4 rings (SSSR count). The maximum Gasteiger partial charge on any atom is 0.352 e. The lowest BCUT2D eigenvalue weighted by Gasteiger charge is -2.39. The molecule has 4 amide bonds. The van der Waals surface area contributed by atoms with Crippen LogP contribution in [0.25, 0.3) is 0 Å². The smallest absolute Gasteiger partial charge is 0.338 e. The summed E-state index contributed by atoms with van der Waals surface area (Å²) in [4.78, 5) is 49.4. The maximum absolute atomic E-state index is 12.7. The van der Waals surface area contributed by atoms with Gasteiger partial charge in [0, 0.05) is 25.3 Å². The number of amidine groups is 1. The highest BCUT2D eigenvalue weighted by Gasteiger charge is 2.41. The minimum Gasteiger partial charge on any atom is -0.338 e. The average molecular weight is 370 g/mol. The van der Waals surface area contributed by atoms with Crippen molar-refractivity contribution in [3.05, 3.63) is 34.0 Å². The maximum atomic E-state index is 12.7. The molecule has 8 heteroatoms. The quantitative estimate of drug-likeness (QED) is 0.801. The number of carbonyl (C=O) groups excluding carboxylic acids is 3. The molecule has 1 aromatic rings. The van der Waals surface area contributed by atoms with Crippen molar-refractivity contribution in [2.24, 2.45) is 15.9 Å². The fourth-order valence-corrected chi connectivity index (χ4v) is 4.36. The van der Waals surface area contributed by atoms with Crippen LogP contribution in [-0.2, 0) is 4.79 Å². The minimum atomic E-state index is -0.577. The number of fused-ring (bicyclic) bond motifs is 1. The van der Waals surface area contributed by atoms with E-state index in [1.165, 1.54) is 22.5 Å². The van der Waals surface area contributed by atoms with E-state index in [-0.39, 0.29) is 23.7 Å². The number of imide groups is 1. The SMILES string of the molecule is Cc1csc(C(=O)N2CCC(N3C(=O)N=C4N=CC=CC4C3=O)CC2)c1. The van der Waals surface area contributed by atoms with Gasteiger partial charge in [0.2, 0.25) is 5.91 Å². The van der Waals surface area contributed by atoms with Crippen molar-refractivity contribution in [2.75, 3.05) is 13.1 Å². The first-order valence-electron chi connectivity index (χ1n) is 8.55. The van der Waals surface area contributed by atoms with Gasteiger partial charge in [-0.3, -0.25) is 14.5 Å². The third kappa shape index (κ3) is 2.90. The van der Waals surface area contributed by atoms with E-state index in [1.54, 1.807) is 17.1 Å². The predicted octanol–water partition coefficient (Wildman–Crippen LogP) is 2.28. The lowest BCUT2D eigenvalue weighted by Crippen LogP contribution is -2.54. The number of likely N-dealkylation sites (tertiary alicyclic amines) is 1. The Balaban J connectivity index is 1.45. The molecule has 1 saturated heterocycles. The van der Waals surface area contributed by atoms with E-state index >= 15 is 0 Å². The summed E-state index contributed by atoms with van der Waals surface area (Å²) >= 11 is 1.44. The Morgan fingerprint density at radius 2 is 2.04 bits per heavy atom. The average Bonchev–Trinajstić information content (AvgIpc) is 3.08. The van der Waals surface area contributed by atoms with Crippen molar-refractivity contribution in [3.63, 3.8) is 0 Å². The Kier molecular flexibility index (Phi) is 4.28. The van der Waals surface area contributed by atoms with Crippen molar-refractivity contribution in [1.82, 2.24) is 9.80 Å². The number of amides is 4. The van der Waals surface area contributed by atoms with Gasteiger partial charge in [-0.25, -0.2) is 9.79 Å². The molecule has 0 N–H and O–H groups in total. The first-order valence-corrected chi connectivity index (χ1v) is 9.43. The summed E-state index contributed by atoms with van der Waals surface area (Å²) in [6.07, 6.45) is 6.07. The first-order chi connectivity index (χ1) is 12.5. The minimum absolute atomic E-state index is 0.0164. The number of dihydropyridines is 1. The van der Waals surface area contributed by atoms with Crippen LogP contribution in [0.4, 0.5) is 4.79 Å². The summed E-state index contributed by atoms with van der Waals surface area (Å²) in [5, 5.41) is 1.96. The molecule has 3 aliphatic heterocycles. The molecule has 1 fully saturated rings. The number of allylic oxidation sites excluding steroid dienone is 1. The van der Waals surface area contributed by atoms with Crippen LogP contribution < -0.4 is 0 Å². The molecular weight excluding hydrogens is 352 g/mol. The number of nitrogens with zero attached hydrogens (tertiary/aromatic N) is 4. The Hall–Kier alpha value is -2.61. The van der Waals surface area contributed by atoms with Crippen LogP contribution in [0.5, 0.6) is 0 Å². The largest absolute Gasteiger partial charge is 0.352 e. The number of aryl methyl sites for hydroxylation is 1. The molecule has 7 nitrogen and oxygen atoms in total. The Morgan fingerprint density at radius 1 is 1.27 bits per heavy atom. The highest BCUT2D eigenvalue weighted by Crippen LogP contribution is 2.26. The lowest BCUT2D eigenvalue weighted by molar-refractivity contribution is -0.131. The molecule has 0 radical (unpaired) electrons. The normalized spacial score (nSPS) is 23.3. The Bertz CT molecular complexity index is 862. The molecule has 1 atom stereocenters. The summed E-state index contributed by atoms with van der Waals surface area (Å²) in [7, 11) is 0. The first kappa shape index (κ1) is 16.8. The van der Waals surface area contributed by atoms with Crippen molar-refractivity contribution in [3.8, 4) is 0 Å². The van der Waals surface area contributed by atoms with Crippen LogP contribution >= 0.6 is 11.3 Å². The molecule has 0 spiro atoms. The van der Waals surface area contributed by atoms with E-state index < -0.39 is 11.9 Å². The molecule has 4 heterocycles. The van der Waals surface area contributed by atoms with Gasteiger partial charge >= 0.3 is 6.03 Å². The lowest BCUT2D eigenvalue weighted by atomic mass is 9.97. The van der Waals surface area contributed by atoms with E-state index in [0.717, 1.165) is 10.4 Å². The molecule has 0 saturated carbocycles. The molecule has 1 aromatic heterocycles. The highest BCUT2D eigenvalue weighted by atomic mass is 32.1. The summed E-state index contributed by atoms with van der Waals surface area (Å²) in [6, 6.07) is 1.12. The summed E-state index contributed by atoms with van der Waals surface area (Å²) in [5.41, 5.74) is 1.08. The number of urea groups is 1. The molecular formula is C18H18N4O3S. The van der Waals surface area contributed by atoms with Crippen LogP contribution in [0.2, 0.25) is 0 Å². The van der Waals surface area contributed by atoms with Crippen LogP contribution in [0, 0.1) is 12.8 Å². The molecule has 0 aromatic carbocycles. The fraction of sp³-hybridized carbons (Fsp3) is 0.389. The summed E-state index contributed by atoms with van der Waals surface area (Å²) in [5.74, 6) is -0.569. The van der Waals surface area contributed by atoms with Crippen molar-refractivity contribution >= 4 is 41.2 Å². The van der Waals surface area contributed by atoms with Gasteiger partial charge in [-0.05, 0) is 42.9 Å². The van der Waals surface area contributed by atoms with Crippen molar-refractivity contribution in [2.45, 2.75) is 25.8 Å². The van der Waals surface area contributed by atoms with Gasteiger partial charge in [0.25, 0.3) is 5.91 Å². The number of piperidine rings is 1. The topological polar surface area (TPSA) is 82.4 Å². The van der Waals surface area contributed by atoms with E-state index in [2.05, 4.69) is 9.98 Å². The number of rotatable bonds is 2. The molecule has 0 aliphatic carbocycles. The van der Waals surface area contributed by atoms with E-state index in [1.807, 2.05) is 18.4 Å². The van der Waals surface area contributed by atoms with Gasteiger partial charge in [0.15, 0.2) is 0 Å². The van der Waals surface area contributed by atoms with Crippen LogP contribution in [0.1, 0.15) is 28.1 Å². The molecule has 3 aliphatic rings. The predicted molar refractivity (Wildman–Crippen MR) is 98.8 cm³/mol. The zero-order chi connectivity index (χ0) is 18.3. The summed E-state index contributed by atoms with van der Waals surface area (Å²) < 4.78 is 0. The Morgan fingerprint density at radius 3 is 2.73 bits per heavy atom. The number of carbonyl (C=O) groups is 3. The molecule has 134 valence electrons. The van der Waals surface area contributed by atoms with Gasteiger partial charge in [0.1, 0.15) is 11.8 Å². The van der Waals surface area contributed by atoms with Crippen LogP contribution in [-0.4, -0.2) is 58.8 Å². The van der Waals surface area contributed by atoms with Gasteiger partial charge in [-0.2, -0.15) is 4.99 Å². The van der Waals surface area contributed by atoms with E-state index in [0.29, 0.717) is 25.9 Å². The number of hydrogen-bond donors (Lipinski definition) is 0.